The highest BCUT2D eigenvalue weighted by molar-refractivity contribution is 5.84. The zero-order valence-electron chi connectivity index (χ0n) is 8.88. The molecule has 0 atom stereocenters. The second-order valence-electron chi connectivity index (χ2n) is 4.40. The fourth-order valence-corrected chi connectivity index (χ4v) is 1.06. The van der Waals surface area contributed by atoms with Crippen LogP contribution in [0.4, 0.5) is 0 Å². The van der Waals surface area contributed by atoms with Crippen molar-refractivity contribution in [2.45, 2.75) is 58.5 Å². The molecule has 0 unspecified atom stereocenters. The predicted molar refractivity (Wildman–Crippen MR) is 54.3 cm³/mol. The Kier molecular flexibility index (Phi) is 5.71. The van der Waals surface area contributed by atoms with E-state index in [1.54, 1.807) is 20.8 Å². The summed E-state index contributed by atoms with van der Waals surface area (Å²) in [5, 5.41) is 20.0. The van der Waals surface area contributed by atoms with Crippen LogP contribution in [0.3, 0.4) is 0 Å². The number of hydrogen-bond donors (Lipinski definition) is 2. The average Bonchev–Trinajstić information content (AvgIpc) is 2.03. The fourth-order valence-electron chi connectivity index (χ4n) is 1.06. The Morgan fingerprint density at radius 2 is 1.46 bits per heavy atom. The Hall–Kier alpha value is -0.570. The van der Waals surface area contributed by atoms with Gasteiger partial charge in [0.1, 0.15) is 0 Å². The summed E-state index contributed by atoms with van der Waals surface area (Å²) in [6.45, 7) is 5.23. The van der Waals surface area contributed by atoms with Crippen LogP contribution in [0.15, 0.2) is 5.16 Å². The summed E-state index contributed by atoms with van der Waals surface area (Å²) in [5.41, 5.74) is 0.483. The first kappa shape index (κ1) is 12.4. The van der Waals surface area contributed by atoms with Crippen molar-refractivity contribution in [3.05, 3.63) is 0 Å². The fraction of sp³-hybridized carbons (Fsp3) is 0.900. The number of oxime groups is 1. The first-order valence-electron chi connectivity index (χ1n) is 4.85. The van der Waals surface area contributed by atoms with Gasteiger partial charge in [0.2, 0.25) is 0 Å². The minimum Gasteiger partial charge on any atom is -0.411 e. The largest absolute Gasteiger partial charge is 0.411 e. The van der Waals surface area contributed by atoms with E-state index in [0.717, 1.165) is 18.6 Å². The standard InChI is InChI=1S/C6H11NO.C4H10O/c8-7-6-4-2-1-3-5-6;1-4(2,3)5/h8H,1-5H2;5H,1-3H3. The van der Waals surface area contributed by atoms with Crippen LogP contribution < -0.4 is 0 Å². The molecule has 78 valence electrons. The average molecular weight is 187 g/mol. The quantitative estimate of drug-likeness (QED) is 0.452. The Morgan fingerprint density at radius 3 is 1.69 bits per heavy atom. The zero-order valence-corrected chi connectivity index (χ0v) is 8.88. The number of nitrogens with zero attached hydrogens (tertiary/aromatic N) is 1. The maximum Gasteiger partial charge on any atom is 0.0570 e. The molecule has 0 saturated heterocycles. The summed E-state index contributed by atoms with van der Waals surface area (Å²) < 4.78 is 0. The van der Waals surface area contributed by atoms with E-state index in [2.05, 4.69) is 5.16 Å². The molecule has 1 aliphatic rings. The highest BCUT2D eigenvalue weighted by Gasteiger charge is 2.05. The van der Waals surface area contributed by atoms with Crippen molar-refractivity contribution in [1.29, 1.82) is 0 Å². The Bertz CT molecular complexity index is 145. The van der Waals surface area contributed by atoms with Gasteiger partial charge in [0.25, 0.3) is 0 Å². The zero-order chi connectivity index (χ0) is 10.3. The number of aliphatic hydroxyl groups is 1. The van der Waals surface area contributed by atoms with Crippen LogP contribution in [0.25, 0.3) is 0 Å². The van der Waals surface area contributed by atoms with Crippen LogP contribution in [0.2, 0.25) is 0 Å². The normalized spacial score (nSPS) is 17.4. The minimum absolute atomic E-state index is 0.500. The van der Waals surface area contributed by atoms with Crippen molar-refractivity contribution in [1.82, 2.24) is 0 Å². The molecule has 3 heteroatoms. The van der Waals surface area contributed by atoms with Crippen molar-refractivity contribution in [3.63, 3.8) is 0 Å². The maximum absolute atomic E-state index is 8.52. The molecule has 0 aromatic rings. The van der Waals surface area contributed by atoms with E-state index in [1.165, 1.54) is 19.3 Å². The van der Waals surface area contributed by atoms with Crippen molar-refractivity contribution >= 4 is 5.71 Å². The van der Waals surface area contributed by atoms with E-state index in [-0.39, 0.29) is 0 Å². The summed E-state index contributed by atoms with van der Waals surface area (Å²) in [4.78, 5) is 0. The number of hydrogen-bond acceptors (Lipinski definition) is 3. The summed E-state index contributed by atoms with van der Waals surface area (Å²) in [7, 11) is 0. The molecule has 3 nitrogen and oxygen atoms in total. The van der Waals surface area contributed by atoms with Gasteiger partial charge in [0.05, 0.1) is 11.3 Å². The topological polar surface area (TPSA) is 52.8 Å². The predicted octanol–water partition coefficient (Wildman–Crippen LogP) is 2.56. The molecule has 0 aromatic heterocycles. The summed E-state index contributed by atoms with van der Waals surface area (Å²) in [6, 6.07) is 0. The monoisotopic (exact) mass is 187 g/mol. The van der Waals surface area contributed by atoms with Gasteiger partial charge in [-0.1, -0.05) is 11.6 Å². The van der Waals surface area contributed by atoms with Crippen molar-refractivity contribution in [2.24, 2.45) is 5.16 Å². The SMILES string of the molecule is CC(C)(C)O.ON=C1CCCCC1. The van der Waals surface area contributed by atoms with E-state index >= 15 is 0 Å². The molecular weight excluding hydrogens is 166 g/mol. The lowest BCUT2D eigenvalue weighted by atomic mass is 9.99. The van der Waals surface area contributed by atoms with Crippen LogP contribution in [0.1, 0.15) is 52.9 Å². The Morgan fingerprint density at radius 1 is 1.08 bits per heavy atom. The molecule has 1 aliphatic carbocycles. The van der Waals surface area contributed by atoms with Gasteiger partial charge in [0, 0.05) is 0 Å². The lowest BCUT2D eigenvalue weighted by Gasteiger charge is -2.08. The van der Waals surface area contributed by atoms with Crippen LogP contribution in [-0.2, 0) is 0 Å². The Labute approximate surface area is 80.5 Å². The van der Waals surface area contributed by atoms with Crippen LogP contribution in [-0.4, -0.2) is 21.6 Å². The summed E-state index contributed by atoms with van der Waals surface area (Å²) in [6.07, 6.45) is 5.74. The van der Waals surface area contributed by atoms with E-state index in [9.17, 15) is 0 Å². The smallest absolute Gasteiger partial charge is 0.0570 e. The molecule has 0 amide bonds. The first-order valence-corrected chi connectivity index (χ1v) is 4.85. The van der Waals surface area contributed by atoms with Gasteiger partial charge in [-0.3, -0.25) is 0 Å². The lowest BCUT2D eigenvalue weighted by molar-refractivity contribution is 0.102. The van der Waals surface area contributed by atoms with Gasteiger partial charge in [-0.15, -0.1) is 0 Å². The van der Waals surface area contributed by atoms with Gasteiger partial charge in [-0.2, -0.15) is 0 Å². The van der Waals surface area contributed by atoms with Crippen molar-refractivity contribution < 1.29 is 10.3 Å². The third-order valence-electron chi connectivity index (χ3n) is 1.57. The van der Waals surface area contributed by atoms with E-state index in [0.29, 0.717) is 0 Å². The van der Waals surface area contributed by atoms with E-state index in [1.807, 2.05) is 0 Å². The molecule has 2 N–H and O–H groups in total. The molecule has 0 spiro atoms. The van der Waals surface area contributed by atoms with Crippen LogP contribution >= 0.6 is 0 Å². The molecule has 1 fully saturated rings. The molecule has 13 heavy (non-hydrogen) atoms. The summed E-state index contributed by atoms with van der Waals surface area (Å²) in [5.74, 6) is 0. The van der Waals surface area contributed by atoms with E-state index < -0.39 is 5.60 Å². The van der Waals surface area contributed by atoms with Crippen molar-refractivity contribution in [2.75, 3.05) is 0 Å². The second-order valence-corrected chi connectivity index (χ2v) is 4.40. The maximum atomic E-state index is 8.52. The molecule has 0 bridgehead atoms. The third-order valence-corrected chi connectivity index (χ3v) is 1.57. The lowest BCUT2D eigenvalue weighted by Crippen LogP contribution is -2.10. The van der Waals surface area contributed by atoms with Gasteiger partial charge < -0.3 is 10.3 Å². The molecule has 0 aromatic carbocycles. The molecule has 1 saturated carbocycles. The van der Waals surface area contributed by atoms with Gasteiger partial charge in [0.15, 0.2) is 0 Å². The summed E-state index contributed by atoms with van der Waals surface area (Å²) >= 11 is 0. The Balaban J connectivity index is 0.000000252. The number of rotatable bonds is 0. The second kappa shape index (κ2) is 5.97. The molecular formula is C10H21NO2. The van der Waals surface area contributed by atoms with Crippen molar-refractivity contribution in [3.8, 4) is 0 Å². The molecule has 0 heterocycles. The molecule has 0 radical (unpaired) electrons. The van der Waals surface area contributed by atoms with Crippen LogP contribution in [0.5, 0.6) is 0 Å². The highest BCUT2D eigenvalue weighted by atomic mass is 16.4. The molecule has 0 aliphatic heterocycles. The van der Waals surface area contributed by atoms with E-state index in [4.69, 9.17) is 10.3 Å². The molecule has 1 rings (SSSR count). The highest BCUT2D eigenvalue weighted by Crippen LogP contribution is 2.13. The first-order chi connectivity index (χ1) is 5.93. The van der Waals surface area contributed by atoms with Gasteiger partial charge >= 0.3 is 0 Å². The minimum atomic E-state index is -0.500. The van der Waals surface area contributed by atoms with Crippen LogP contribution in [0, 0.1) is 0 Å². The van der Waals surface area contributed by atoms with Gasteiger partial charge in [-0.25, -0.2) is 0 Å². The van der Waals surface area contributed by atoms with Gasteiger partial charge in [-0.05, 0) is 46.5 Å². The third kappa shape index (κ3) is 11.4.